The number of hydrogen-bond donors (Lipinski definition) is 1. The summed E-state index contributed by atoms with van der Waals surface area (Å²) in [5.74, 6) is 2.76. The highest BCUT2D eigenvalue weighted by atomic mass is 16.5. The summed E-state index contributed by atoms with van der Waals surface area (Å²) in [6, 6.07) is 12.5. The van der Waals surface area contributed by atoms with E-state index in [0.717, 1.165) is 49.6 Å². The molecule has 0 spiro atoms. The van der Waals surface area contributed by atoms with Crippen molar-refractivity contribution in [3.8, 4) is 17.2 Å². The van der Waals surface area contributed by atoms with Crippen LogP contribution < -0.4 is 14.2 Å². The van der Waals surface area contributed by atoms with Crippen LogP contribution in [0.25, 0.3) is 0 Å². The molecule has 5 nitrogen and oxygen atoms in total. The van der Waals surface area contributed by atoms with Crippen LogP contribution in [0.2, 0.25) is 0 Å². The number of likely N-dealkylation sites (N-methyl/N-ethyl adjacent to an activating group) is 1. The molecular formula is C24H35NO4. The normalized spacial score (nSPS) is 12.1. The molecular weight excluding hydrogens is 366 g/mol. The second kappa shape index (κ2) is 11.7. The summed E-state index contributed by atoms with van der Waals surface area (Å²) in [5, 5.41) is 9.04. The topological polar surface area (TPSA) is 51.2 Å². The van der Waals surface area contributed by atoms with Crippen LogP contribution in [0.4, 0.5) is 0 Å². The van der Waals surface area contributed by atoms with Gasteiger partial charge in [0.25, 0.3) is 0 Å². The van der Waals surface area contributed by atoms with E-state index in [-0.39, 0.29) is 6.61 Å². The molecule has 0 saturated heterocycles. The van der Waals surface area contributed by atoms with E-state index in [1.807, 2.05) is 12.1 Å². The van der Waals surface area contributed by atoms with Gasteiger partial charge < -0.3 is 24.2 Å². The Balaban J connectivity index is 2.17. The molecule has 5 heteroatoms. The first-order valence-corrected chi connectivity index (χ1v) is 10.2. The highest BCUT2D eigenvalue weighted by Crippen LogP contribution is 2.32. The Morgan fingerprint density at radius 1 is 0.931 bits per heavy atom. The van der Waals surface area contributed by atoms with Gasteiger partial charge in [-0.05, 0) is 73.2 Å². The zero-order chi connectivity index (χ0) is 21.2. The van der Waals surface area contributed by atoms with Crippen LogP contribution in [0.5, 0.6) is 17.2 Å². The van der Waals surface area contributed by atoms with Gasteiger partial charge in [-0.2, -0.15) is 0 Å². The average molecular weight is 402 g/mol. The average Bonchev–Trinajstić information content (AvgIpc) is 2.75. The molecule has 1 atom stereocenters. The standard InChI is InChI=1S/C24H35NO4/c1-18(15-19-7-10-23(28-4)24(16-19)29-5)22-9-8-21(27-3)17-20(22)11-13-25(2)12-6-14-26/h7-10,16-18,26H,6,11-15H2,1-5H3/t18-/m1/s1. The van der Waals surface area contributed by atoms with Gasteiger partial charge in [-0.15, -0.1) is 0 Å². The Morgan fingerprint density at radius 3 is 2.34 bits per heavy atom. The van der Waals surface area contributed by atoms with Crippen molar-refractivity contribution in [3.05, 3.63) is 53.1 Å². The lowest BCUT2D eigenvalue weighted by Crippen LogP contribution is -2.23. The smallest absolute Gasteiger partial charge is 0.160 e. The van der Waals surface area contributed by atoms with Gasteiger partial charge in [0.2, 0.25) is 0 Å². The highest BCUT2D eigenvalue weighted by molar-refractivity contribution is 5.44. The molecule has 160 valence electrons. The molecule has 0 unspecified atom stereocenters. The summed E-state index contributed by atoms with van der Waals surface area (Å²) in [6.07, 6.45) is 2.67. The molecule has 2 rings (SSSR count). The summed E-state index contributed by atoms with van der Waals surface area (Å²) in [4.78, 5) is 2.26. The molecule has 0 bridgehead atoms. The third kappa shape index (κ3) is 6.65. The van der Waals surface area contributed by atoms with Gasteiger partial charge in [-0.25, -0.2) is 0 Å². The monoisotopic (exact) mass is 401 g/mol. The fourth-order valence-corrected chi connectivity index (χ4v) is 3.64. The van der Waals surface area contributed by atoms with E-state index in [9.17, 15) is 0 Å². The van der Waals surface area contributed by atoms with Crippen molar-refractivity contribution >= 4 is 0 Å². The molecule has 0 amide bonds. The van der Waals surface area contributed by atoms with E-state index in [0.29, 0.717) is 5.92 Å². The maximum absolute atomic E-state index is 9.04. The van der Waals surface area contributed by atoms with Crippen LogP contribution in [0, 0.1) is 0 Å². The quantitative estimate of drug-likeness (QED) is 0.584. The molecule has 0 heterocycles. The van der Waals surface area contributed by atoms with Crippen molar-refractivity contribution in [3.63, 3.8) is 0 Å². The van der Waals surface area contributed by atoms with E-state index < -0.39 is 0 Å². The fraction of sp³-hybridized carbons (Fsp3) is 0.500. The largest absolute Gasteiger partial charge is 0.497 e. The predicted octanol–water partition coefficient (Wildman–Crippen LogP) is 3.92. The maximum atomic E-state index is 9.04. The zero-order valence-corrected chi connectivity index (χ0v) is 18.4. The number of benzene rings is 2. The lowest BCUT2D eigenvalue weighted by atomic mass is 9.89. The molecule has 0 aliphatic heterocycles. The van der Waals surface area contributed by atoms with Crippen molar-refractivity contribution in [2.75, 3.05) is 48.1 Å². The fourth-order valence-electron chi connectivity index (χ4n) is 3.64. The van der Waals surface area contributed by atoms with Gasteiger partial charge in [0.15, 0.2) is 11.5 Å². The second-order valence-corrected chi connectivity index (χ2v) is 7.49. The van der Waals surface area contributed by atoms with Gasteiger partial charge in [-0.3, -0.25) is 0 Å². The SMILES string of the molecule is COc1ccc([C@H](C)Cc2ccc(OC)c(OC)c2)c(CCN(C)CCCO)c1. The minimum Gasteiger partial charge on any atom is -0.497 e. The molecule has 0 saturated carbocycles. The van der Waals surface area contributed by atoms with Gasteiger partial charge in [0.1, 0.15) is 5.75 Å². The minimum atomic E-state index is 0.233. The second-order valence-electron chi connectivity index (χ2n) is 7.49. The van der Waals surface area contributed by atoms with Crippen LogP contribution in [0.1, 0.15) is 36.0 Å². The molecule has 0 aliphatic rings. The van der Waals surface area contributed by atoms with Crippen LogP contribution >= 0.6 is 0 Å². The van der Waals surface area contributed by atoms with Crippen LogP contribution in [0.15, 0.2) is 36.4 Å². The lowest BCUT2D eigenvalue weighted by molar-refractivity contribution is 0.248. The number of rotatable bonds is 12. The molecule has 0 aromatic heterocycles. The van der Waals surface area contributed by atoms with Crippen molar-refractivity contribution in [1.29, 1.82) is 0 Å². The number of aliphatic hydroxyl groups is 1. The third-order valence-corrected chi connectivity index (χ3v) is 5.33. The summed E-state index contributed by atoms with van der Waals surface area (Å²) in [7, 11) is 7.13. The molecule has 2 aromatic carbocycles. The molecule has 0 aliphatic carbocycles. The van der Waals surface area contributed by atoms with E-state index in [1.165, 1.54) is 16.7 Å². The molecule has 0 fully saturated rings. The zero-order valence-electron chi connectivity index (χ0n) is 18.4. The summed E-state index contributed by atoms with van der Waals surface area (Å²) in [6.45, 7) is 4.34. The highest BCUT2D eigenvalue weighted by Gasteiger charge is 2.15. The Bertz CT molecular complexity index is 763. The van der Waals surface area contributed by atoms with Crippen molar-refractivity contribution in [2.45, 2.75) is 32.1 Å². The maximum Gasteiger partial charge on any atom is 0.160 e. The number of hydrogen-bond acceptors (Lipinski definition) is 5. The first kappa shape index (κ1) is 23.0. The van der Waals surface area contributed by atoms with Gasteiger partial charge in [0, 0.05) is 19.7 Å². The van der Waals surface area contributed by atoms with Gasteiger partial charge in [-0.1, -0.05) is 19.1 Å². The van der Waals surface area contributed by atoms with Crippen molar-refractivity contribution in [1.82, 2.24) is 4.90 Å². The Hall–Kier alpha value is -2.24. The molecule has 1 N–H and O–H groups in total. The van der Waals surface area contributed by atoms with E-state index in [1.54, 1.807) is 21.3 Å². The molecule has 0 radical (unpaired) electrons. The summed E-state index contributed by atoms with van der Waals surface area (Å²) in [5.41, 5.74) is 3.88. The van der Waals surface area contributed by atoms with E-state index in [2.05, 4.69) is 43.1 Å². The lowest BCUT2D eigenvalue weighted by Gasteiger charge is -2.21. The third-order valence-electron chi connectivity index (χ3n) is 5.33. The summed E-state index contributed by atoms with van der Waals surface area (Å²) >= 11 is 0. The van der Waals surface area contributed by atoms with Crippen LogP contribution in [0.3, 0.4) is 0 Å². The van der Waals surface area contributed by atoms with Crippen LogP contribution in [-0.4, -0.2) is 58.1 Å². The predicted molar refractivity (Wildman–Crippen MR) is 118 cm³/mol. The first-order valence-electron chi connectivity index (χ1n) is 10.2. The number of ether oxygens (including phenoxy) is 3. The molecule has 2 aromatic rings. The van der Waals surface area contributed by atoms with Gasteiger partial charge in [0.05, 0.1) is 21.3 Å². The van der Waals surface area contributed by atoms with E-state index in [4.69, 9.17) is 19.3 Å². The molecule has 29 heavy (non-hydrogen) atoms. The van der Waals surface area contributed by atoms with Crippen molar-refractivity contribution in [2.24, 2.45) is 0 Å². The number of nitrogens with zero attached hydrogens (tertiary/aromatic N) is 1. The first-order chi connectivity index (χ1) is 14.0. The Morgan fingerprint density at radius 2 is 1.69 bits per heavy atom. The number of aliphatic hydroxyl groups excluding tert-OH is 1. The van der Waals surface area contributed by atoms with Crippen LogP contribution in [-0.2, 0) is 12.8 Å². The summed E-state index contributed by atoms with van der Waals surface area (Å²) < 4.78 is 16.3. The van der Waals surface area contributed by atoms with Gasteiger partial charge >= 0.3 is 0 Å². The van der Waals surface area contributed by atoms with Crippen molar-refractivity contribution < 1.29 is 19.3 Å². The van der Waals surface area contributed by atoms with E-state index >= 15 is 0 Å². The minimum absolute atomic E-state index is 0.233. The number of methoxy groups -OCH3 is 3. The Labute approximate surface area is 175 Å². The Kier molecular flexibility index (Phi) is 9.29.